The molecule has 1 aliphatic heterocycles. The number of hydrogen-bond acceptors (Lipinski definition) is 2. The molecule has 0 bridgehead atoms. The molecule has 0 radical (unpaired) electrons. The zero-order chi connectivity index (χ0) is 4.57. The monoisotopic (exact) mass is 83.0 g/mol. The third kappa shape index (κ3) is 0.455. The number of carbonyl (C=O) groups excluding carboxylic acids is 1. The van der Waals surface area contributed by atoms with Crippen LogP contribution in [0.4, 0.5) is 0 Å². The molecule has 0 aromatic heterocycles. The van der Waals surface area contributed by atoms with Gasteiger partial charge < -0.3 is 0 Å². The molecule has 0 unspecified atom stereocenters. The van der Waals surface area contributed by atoms with Crippen LogP contribution in [0.5, 0.6) is 0 Å². The Bertz CT molecular complexity index is 115. The van der Waals surface area contributed by atoms with Gasteiger partial charge in [-0.1, -0.05) is 0 Å². The maximum absolute atomic E-state index is 10.1. The topological polar surface area (TPSA) is 29.4 Å². The molecule has 0 atom stereocenters. The number of rotatable bonds is 1. The van der Waals surface area contributed by atoms with Gasteiger partial charge in [0.25, 0.3) is 0 Å². The maximum atomic E-state index is 10.1. The van der Waals surface area contributed by atoms with E-state index in [1.807, 2.05) is 0 Å². The van der Waals surface area contributed by atoms with Gasteiger partial charge in [-0.2, -0.15) is 0 Å². The standard InChI is InChI=1S/C4H5NO/c1-3(6)4-2-5-4/h2H2,1H3. The first kappa shape index (κ1) is 3.53. The molecule has 2 heteroatoms. The van der Waals surface area contributed by atoms with Gasteiger partial charge in [0.05, 0.1) is 12.3 Å². The molecule has 1 rings (SSSR count). The Balaban J connectivity index is 2.52. The van der Waals surface area contributed by atoms with Crippen molar-refractivity contribution in [2.24, 2.45) is 4.99 Å². The largest absolute Gasteiger partial charge is 0.293 e. The Kier molecular flexibility index (Phi) is 0.528. The summed E-state index contributed by atoms with van der Waals surface area (Å²) >= 11 is 0. The van der Waals surface area contributed by atoms with Gasteiger partial charge >= 0.3 is 0 Å². The minimum atomic E-state index is 0.120. The molecule has 0 fully saturated rings. The summed E-state index contributed by atoms with van der Waals surface area (Å²) in [5.41, 5.74) is 0.745. The van der Waals surface area contributed by atoms with Crippen molar-refractivity contribution in [2.75, 3.05) is 6.54 Å². The van der Waals surface area contributed by atoms with Gasteiger partial charge in [-0.15, -0.1) is 0 Å². The van der Waals surface area contributed by atoms with Crippen LogP contribution in [-0.2, 0) is 4.79 Å². The quantitative estimate of drug-likeness (QED) is 0.439. The van der Waals surface area contributed by atoms with Crippen LogP contribution in [0.25, 0.3) is 0 Å². The van der Waals surface area contributed by atoms with Gasteiger partial charge in [-0.3, -0.25) is 9.79 Å². The van der Waals surface area contributed by atoms with Crippen LogP contribution in [0.3, 0.4) is 0 Å². The lowest BCUT2D eigenvalue weighted by Gasteiger charge is -1.66. The van der Waals surface area contributed by atoms with E-state index in [-0.39, 0.29) is 5.78 Å². The van der Waals surface area contributed by atoms with Gasteiger partial charge in [0.2, 0.25) is 0 Å². The van der Waals surface area contributed by atoms with E-state index in [1.54, 1.807) is 0 Å². The average Bonchev–Trinajstić information content (AvgIpc) is 2.06. The first-order valence-electron chi connectivity index (χ1n) is 1.85. The molecule has 1 heterocycles. The molecular weight excluding hydrogens is 78.0 g/mol. The summed E-state index contributed by atoms with van der Waals surface area (Å²) in [6.45, 7) is 2.22. The molecule has 0 saturated carbocycles. The van der Waals surface area contributed by atoms with Crippen LogP contribution in [0, 0.1) is 0 Å². The molecule has 1 aliphatic rings. The number of ketones is 1. The van der Waals surface area contributed by atoms with Crippen LogP contribution in [0.1, 0.15) is 6.92 Å². The highest BCUT2D eigenvalue weighted by atomic mass is 16.1. The highest BCUT2D eigenvalue weighted by molar-refractivity contribution is 6.44. The van der Waals surface area contributed by atoms with Gasteiger partial charge in [-0.05, 0) is 0 Å². The molecular formula is C4H5NO. The van der Waals surface area contributed by atoms with E-state index in [0.29, 0.717) is 6.54 Å². The van der Waals surface area contributed by atoms with Crippen LogP contribution >= 0.6 is 0 Å². The van der Waals surface area contributed by atoms with E-state index in [0.717, 1.165) is 5.71 Å². The Labute approximate surface area is 35.9 Å². The fraction of sp³-hybridized carbons (Fsp3) is 0.500. The van der Waals surface area contributed by atoms with Crippen LogP contribution in [0.2, 0.25) is 0 Å². The summed E-state index contributed by atoms with van der Waals surface area (Å²) < 4.78 is 0. The normalized spacial score (nSPS) is 16.5. The SMILES string of the molecule is CC(=O)C1=NC1. The Morgan fingerprint density at radius 1 is 2.00 bits per heavy atom. The smallest absolute Gasteiger partial charge is 0.175 e. The molecule has 0 aromatic rings. The maximum Gasteiger partial charge on any atom is 0.175 e. The minimum Gasteiger partial charge on any atom is -0.293 e. The fourth-order valence-electron chi connectivity index (χ4n) is 0.262. The summed E-state index contributed by atoms with van der Waals surface area (Å²) in [5.74, 6) is 0.120. The second-order valence-electron chi connectivity index (χ2n) is 1.32. The van der Waals surface area contributed by atoms with Crippen molar-refractivity contribution in [3.05, 3.63) is 0 Å². The molecule has 2 nitrogen and oxygen atoms in total. The predicted octanol–water partition coefficient (Wildman–Crippen LogP) is 0.0300. The summed E-state index contributed by atoms with van der Waals surface area (Å²) in [5, 5.41) is 0. The Morgan fingerprint density at radius 3 is 2.50 bits per heavy atom. The number of hydrogen-bond donors (Lipinski definition) is 0. The highest BCUT2D eigenvalue weighted by Crippen LogP contribution is 1.95. The lowest BCUT2D eigenvalue weighted by Crippen LogP contribution is -1.95. The molecule has 0 aromatic carbocycles. The zero-order valence-corrected chi connectivity index (χ0v) is 3.56. The second kappa shape index (κ2) is 0.899. The summed E-state index contributed by atoms with van der Waals surface area (Å²) in [6.07, 6.45) is 0. The van der Waals surface area contributed by atoms with Crippen LogP contribution < -0.4 is 0 Å². The van der Waals surface area contributed by atoms with E-state index < -0.39 is 0 Å². The zero-order valence-electron chi connectivity index (χ0n) is 3.56. The number of aliphatic imine (C=N–C) groups is 1. The molecule has 0 N–H and O–H groups in total. The third-order valence-corrected chi connectivity index (χ3v) is 0.723. The second-order valence-corrected chi connectivity index (χ2v) is 1.32. The first-order chi connectivity index (χ1) is 2.80. The average molecular weight is 83.1 g/mol. The van der Waals surface area contributed by atoms with Crippen molar-refractivity contribution in [2.45, 2.75) is 6.92 Å². The molecule has 0 amide bonds. The van der Waals surface area contributed by atoms with Gasteiger partial charge in [0.15, 0.2) is 5.78 Å². The van der Waals surface area contributed by atoms with Crippen molar-refractivity contribution in [1.29, 1.82) is 0 Å². The summed E-state index contributed by atoms with van der Waals surface area (Å²) in [4.78, 5) is 13.7. The molecule has 0 spiro atoms. The van der Waals surface area contributed by atoms with Crippen molar-refractivity contribution in [3.8, 4) is 0 Å². The van der Waals surface area contributed by atoms with E-state index in [4.69, 9.17) is 0 Å². The van der Waals surface area contributed by atoms with Gasteiger partial charge in [0.1, 0.15) is 0 Å². The molecule has 0 aliphatic carbocycles. The van der Waals surface area contributed by atoms with Crippen molar-refractivity contribution in [1.82, 2.24) is 0 Å². The fourth-order valence-corrected chi connectivity index (χ4v) is 0.262. The summed E-state index contributed by atoms with van der Waals surface area (Å²) in [7, 11) is 0. The predicted molar refractivity (Wildman–Crippen MR) is 23.0 cm³/mol. The minimum absolute atomic E-state index is 0.120. The first-order valence-corrected chi connectivity index (χ1v) is 1.85. The Morgan fingerprint density at radius 2 is 2.50 bits per heavy atom. The van der Waals surface area contributed by atoms with Crippen molar-refractivity contribution < 1.29 is 4.79 Å². The van der Waals surface area contributed by atoms with E-state index in [1.165, 1.54) is 6.92 Å². The highest BCUT2D eigenvalue weighted by Gasteiger charge is 2.13. The third-order valence-electron chi connectivity index (χ3n) is 0.723. The van der Waals surface area contributed by atoms with Crippen molar-refractivity contribution >= 4 is 11.5 Å². The Hall–Kier alpha value is -0.660. The number of nitrogens with zero attached hydrogens (tertiary/aromatic N) is 1. The van der Waals surface area contributed by atoms with E-state index in [2.05, 4.69) is 4.99 Å². The van der Waals surface area contributed by atoms with E-state index in [9.17, 15) is 4.79 Å². The molecule has 32 valence electrons. The lowest BCUT2D eigenvalue weighted by molar-refractivity contribution is -0.110. The van der Waals surface area contributed by atoms with Crippen LogP contribution in [0.15, 0.2) is 4.99 Å². The molecule has 0 saturated heterocycles. The van der Waals surface area contributed by atoms with Gasteiger partial charge in [0, 0.05) is 6.92 Å². The number of Topliss-reactive ketones (excluding diaryl/α,β-unsaturated/α-hetero) is 1. The number of carbonyl (C=O) groups is 1. The molecule has 6 heavy (non-hydrogen) atoms. The van der Waals surface area contributed by atoms with Crippen LogP contribution in [-0.4, -0.2) is 18.0 Å². The van der Waals surface area contributed by atoms with E-state index >= 15 is 0 Å². The van der Waals surface area contributed by atoms with Crippen molar-refractivity contribution in [3.63, 3.8) is 0 Å². The van der Waals surface area contributed by atoms with Gasteiger partial charge in [-0.25, -0.2) is 0 Å². The summed E-state index contributed by atoms with van der Waals surface area (Å²) in [6, 6.07) is 0. The lowest BCUT2D eigenvalue weighted by atomic mass is 10.4.